The van der Waals surface area contributed by atoms with Gasteiger partial charge in [0.05, 0.1) is 5.69 Å². The molecule has 5 nitrogen and oxygen atoms in total. The van der Waals surface area contributed by atoms with Crippen LogP contribution in [0.3, 0.4) is 0 Å². The van der Waals surface area contributed by atoms with Crippen molar-refractivity contribution in [3.05, 3.63) is 29.7 Å². The molecule has 100 valence electrons. The first kappa shape index (κ1) is 12.1. The number of carbonyl (C=O) groups is 1. The molecular weight excluding hydrogens is 240 g/mol. The van der Waals surface area contributed by atoms with Crippen LogP contribution in [0.4, 0.5) is 0 Å². The fourth-order valence-corrected chi connectivity index (χ4v) is 2.62. The summed E-state index contributed by atoms with van der Waals surface area (Å²) < 4.78 is 1.68. The van der Waals surface area contributed by atoms with Crippen LogP contribution in [0.5, 0.6) is 0 Å². The molecule has 0 atom stereocenters. The minimum Gasteiger partial charge on any atom is -0.338 e. The Kier molecular flexibility index (Phi) is 2.97. The van der Waals surface area contributed by atoms with E-state index in [1.54, 1.807) is 10.7 Å². The van der Waals surface area contributed by atoms with E-state index < -0.39 is 0 Å². The number of rotatable bonds is 1. The number of fused-ring (bicyclic) bond motifs is 1. The molecule has 0 N–H and O–H groups in total. The molecule has 1 aliphatic rings. The summed E-state index contributed by atoms with van der Waals surface area (Å²) in [5.41, 5.74) is 2.06. The number of nitrogens with zero attached hydrogens (tertiary/aromatic N) is 4. The number of hydrogen-bond acceptors (Lipinski definition) is 3. The van der Waals surface area contributed by atoms with Crippen molar-refractivity contribution >= 4 is 11.6 Å². The predicted molar refractivity (Wildman–Crippen MR) is 72.0 cm³/mol. The Hall–Kier alpha value is -1.91. The number of aryl methyl sites for hydroxylation is 1. The van der Waals surface area contributed by atoms with E-state index in [-0.39, 0.29) is 5.91 Å². The van der Waals surface area contributed by atoms with Crippen molar-refractivity contribution in [1.82, 2.24) is 19.5 Å². The summed E-state index contributed by atoms with van der Waals surface area (Å²) in [5.74, 6) is 0.783. The second-order valence-corrected chi connectivity index (χ2v) is 5.32. The minimum absolute atomic E-state index is 0.0677. The largest absolute Gasteiger partial charge is 0.338 e. The van der Waals surface area contributed by atoms with Gasteiger partial charge in [-0.1, -0.05) is 6.92 Å². The molecule has 0 unspecified atom stereocenters. The monoisotopic (exact) mass is 258 g/mol. The van der Waals surface area contributed by atoms with Crippen LogP contribution in [-0.2, 0) is 0 Å². The van der Waals surface area contributed by atoms with Gasteiger partial charge in [0.25, 0.3) is 5.91 Å². The van der Waals surface area contributed by atoms with Gasteiger partial charge in [0.2, 0.25) is 0 Å². The second-order valence-electron chi connectivity index (χ2n) is 5.32. The van der Waals surface area contributed by atoms with Crippen LogP contribution < -0.4 is 0 Å². The Morgan fingerprint density at radius 3 is 2.84 bits per heavy atom. The topological polar surface area (TPSA) is 50.5 Å². The zero-order valence-electron chi connectivity index (χ0n) is 11.3. The fourth-order valence-electron chi connectivity index (χ4n) is 2.62. The highest BCUT2D eigenvalue weighted by molar-refractivity contribution is 6.01. The maximum absolute atomic E-state index is 12.6. The molecule has 1 fully saturated rings. The van der Waals surface area contributed by atoms with Crippen LogP contribution in [0.25, 0.3) is 5.65 Å². The Balaban J connectivity index is 1.95. The second kappa shape index (κ2) is 4.64. The maximum atomic E-state index is 12.6. The summed E-state index contributed by atoms with van der Waals surface area (Å²) in [6.07, 6.45) is 5.69. The summed E-state index contributed by atoms with van der Waals surface area (Å²) in [6.45, 7) is 5.78. The quantitative estimate of drug-likeness (QED) is 0.785. The van der Waals surface area contributed by atoms with E-state index in [1.165, 1.54) is 0 Å². The molecule has 0 aliphatic carbocycles. The molecule has 0 spiro atoms. The summed E-state index contributed by atoms with van der Waals surface area (Å²) in [5, 5.41) is 4.35. The lowest BCUT2D eigenvalue weighted by Crippen LogP contribution is -2.38. The number of piperidine rings is 1. The van der Waals surface area contributed by atoms with Crippen molar-refractivity contribution < 1.29 is 4.79 Å². The van der Waals surface area contributed by atoms with Crippen molar-refractivity contribution in [3.8, 4) is 0 Å². The van der Waals surface area contributed by atoms with Gasteiger partial charge in [-0.3, -0.25) is 4.79 Å². The van der Waals surface area contributed by atoms with Crippen LogP contribution in [-0.4, -0.2) is 38.5 Å². The molecule has 3 rings (SSSR count). The van der Waals surface area contributed by atoms with Crippen molar-refractivity contribution in [3.63, 3.8) is 0 Å². The van der Waals surface area contributed by atoms with Gasteiger partial charge in [0, 0.05) is 25.5 Å². The van der Waals surface area contributed by atoms with Crippen LogP contribution in [0.15, 0.2) is 18.5 Å². The smallest absolute Gasteiger partial charge is 0.259 e. The SMILES string of the molecule is Cc1nn2cccnc2c1C(=O)N1CCC(C)CC1. The zero-order valence-corrected chi connectivity index (χ0v) is 11.3. The van der Waals surface area contributed by atoms with E-state index in [9.17, 15) is 4.79 Å². The molecule has 5 heteroatoms. The van der Waals surface area contributed by atoms with Crippen molar-refractivity contribution in [2.75, 3.05) is 13.1 Å². The molecule has 2 aromatic rings. The molecule has 1 aliphatic heterocycles. The van der Waals surface area contributed by atoms with Gasteiger partial charge in [-0.25, -0.2) is 9.50 Å². The van der Waals surface area contributed by atoms with E-state index in [1.807, 2.05) is 24.1 Å². The highest BCUT2D eigenvalue weighted by Gasteiger charge is 2.26. The van der Waals surface area contributed by atoms with Crippen molar-refractivity contribution in [2.45, 2.75) is 26.7 Å². The lowest BCUT2D eigenvalue weighted by atomic mass is 9.98. The molecule has 2 aromatic heterocycles. The van der Waals surface area contributed by atoms with Gasteiger partial charge in [-0.15, -0.1) is 0 Å². The van der Waals surface area contributed by atoms with E-state index in [0.717, 1.165) is 31.6 Å². The molecule has 0 radical (unpaired) electrons. The third-order valence-electron chi connectivity index (χ3n) is 3.86. The maximum Gasteiger partial charge on any atom is 0.259 e. The molecule has 19 heavy (non-hydrogen) atoms. The molecule has 1 amide bonds. The first-order valence-corrected chi connectivity index (χ1v) is 6.76. The van der Waals surface area contributed by atoms with E-state index in [2.05, 4.69) is 17.0 Å². The summed E-state index contributed by atoms with van der Waals surface area (Å²) in [4.78, 5) is 18.8. The van der Waals surface area contributed by atoms with Gasteiger partial charge in [-0.05, 0) is 31.7 Å². The molecule has 0 aromatic carbocycles. The third-order valence-corrected chi connectivity index (χ3v) is 3.86. The Morgan fingerprint density at radius 1 is 1.37 bits per heavy atom. The van der Waals surface area contributed by atoms with E-state index in [0.29, 0.717) is 17.1 Å². The van der Waals surface area contributed by atoms with Crippen molar-refractivity contribution in [2.24, 2.45) is 5.92 Å². The third kappa shape index (κ3) is 2.09. The Morgan fingerprint density at radius 2 is 2.11 bits per heavy atom. The number of carbonyl (C=O) groups excluding carboxylic acids is 1. The highest BCUT2D eigenvalue weighted by atomic mass is 16.2. The van der Waals surface area contributed by atoms with E-state index in [4.69, 9.17) is 0 Å². The Labute approximate surface area is 112 Å². The van der Waals surface area contributed by atoms with Crippen LogP contribution in [0.2, 0.25) is 0 Å². The van der Waals surface area contributed by atoms with Crippen molar-refractivity contribution in [1.29, 1.82) is 0 Å². The summed E-state index contributed by atoms with van der Waals surface area (Å²) in [7, 11) is 0. The van der Waals surface area contributed by atoms with Gasteiger partial charge in [0.1, 0.15) is 5.56 Å². The summed E-state index contributed by atoms with van der Waals surface area (Å²) in [6, 6.07) is 1.82. The van der Waals surface area contributed by atoms with Gasteiger partial charge in [-0.2, -0.15) is 5.10 Å². The fraction of sp³-hybridized carbons (Fsp3) is 0.500. The Bertz CT molecular complexity index is 611. The molecule has 1 saturated heterocycles. The number of likely N-dealkylation sites (tertiary alicyclic amines) is 1. The lowest BCUT2D eigenvalue weighted by Gasteiger charge is -2.30. The van der Waals surface area contributed by atoms with Gasteiger partial charge < -0.3 is 4.90 Å². The number of hydrogen-bond donors (Lipinski definition) is 0. The predicted octanol–water partition coefficient (Wildman–Crippen LogP) is 1.91. The minimum atomic E-state index is 0.0677. The normalized spacial score (nSPS) is 17.1. The lowest BCUT2D eigenvalue weighted by molar-refractivity contribution is 0.0698. The standard InChI is InChI=1S/C14H18N4O/c1-10-4-8-17(9-5-10)14(19)12-11(2)16-18-7-3-6-15-13(12)18/h3,6-7,10H,4-5,8-9H2,1-2H3. The molecular formula is C14H18N4O. The molecule has 3 heterocycles. The summed E-state index contributed by atoms with van der Waals surface area (Å²) >= 11 is 0. The van der Waals surface area contributed by atoms with Gasteiger partial charge >= 0.3 is 0 Å². The molecule has 0 saturated carbocycles. The average molecular weight is 258 g/mol. The van der Waals surface area contributed by atoms with Crippen LogP contribution in [0.1, 0.15) is 35.8 Å². The number of aromatic nitrogens is 3. The first-order chi connectivity index (χ1) is 9.16. The van der Waals surface area contributed by atoms with Crippen LogP contribution >= 0.6 is 0 Å². The highest BCUT2D eigenvalue weighted by Crippen LogP contribution is 2.21. The van der Waals surface area contributed by atoms with Gasteiger partial charge in [0.15, 0.2) is 5.65 Å². The number of amides is 1. The van der Waals surface area contributed by atoms with E-state index >= 15 is 0 Å². The average Bonchev–Trinajstić information content (AvgIpc) is 2.74. The first-order valence-electron chi connectivity index (χ1n) is 6.76. The zero-order chi connectivity index (χ0) is 13.4. The van der Waals surface area contributed by atoms with Crippen LogP contribution in [0, 0.1) is 12.8 Å². The molecule has 0 bridgehead atoms.